The van der Waals surface area contributed by atoms with Crippen molar-refractivity contribution in [2.24, 2.45) is 11.7 Å². The van der Waals surface area contributed by atoms with Crippen LogP contribution in [0.1, 0.15) is 32.6 Å². The van der Waals surface area contributed by atoms with E-state index < -0.39 is 15.9 Å². The number of carbonyl (C=O) groups is 2. The number of hydrogen-bond donors (Lipinski definition) is 2. The average Bonchev–Trinajstić information content (AvgIpc) is 2.84. The normalized spacial score (nSPS) is 19.4. The molecule has 10 nitrogen and oxygen atoms in total. The zero-order valence-electron chi connectivity index (χ0n) is 19.8. The summed E-state index contributed by atoms with van der Waals surface area (Å²) in [5.74, 6) is -0.395. The van der Waals surface area contributed by atoms with Crippen LogP contribution in [0.2, 0.25) is 0 Å². The van der Waals surface area contributed by atoms with Crippen molar-refractivity contribution in [1.29, 1.82) is 0 Å². The number of hydrogen-bond acceptors (Lipinski definition) is 7. The second-order valence-electron chi connectivity index (χ2n) is 8.83. The first-order chi connectivity index (χ1) is 16.3. The molecule has 2 amide bonds. The van der Waals surface area contributed by atoms with E-state index in [1.165, 1.54) is 17.1 Å². The first kappa shape index (κ1) is 26.4. The Kier molecular flexibility index (Phi) is 9.69. The molecule has 3 rings (SSSR count). The van der Waals surface area contributed by atoms with E-state index in [4.69, 9.17) is 10.6 Å². The summed E-state index contributed by atoms with van der Waals surface area (Å²) in [7, 11) is -3.57. The number of piperazine rings is 1. The number of nitrogens with two attached hydrogens (primary N) is 1. The lowest BCUT2D eigenvalue weighted by molar-refractivity contribution is -0.121. The maximum atomic E-state index is 13.0. The summed E-state index contributed by atoms with van der Waals surface area (Å²) >= 11 is 0. The molecule has 0 aliphatic carbocycles. The molecular weight excluding hydrogens is 458 g/mol. The second-order valence-corrected chi connectivity index (χ2v) is 10.8. The minimum atomic E-state index is -3.57. The van der Waals surface area contributed by atoms with Gasteiger partial charge in [0.25, 0.3) is 0 Å². The van der Waals surface area contributed by atoms with Crippen LogP contribution in [0.15, 0.2) is 29.2 Å². The van der Waals surface area contributed by atoms with Crippen LogP contribution in [0.25, 0.3) is 0 Å². The van der Waals surface area contributed by atoms with Gasteiger partial charge < -0.3 is 15.9 Å². The van der Waals surface area contributed by atoms with Crippen LogP contribution in [0.3, 0.4) is 0 Å². The van der Waals surface area contributed by atoms with Crippen LogP contribution in [-0.4, -0.2) is 86.9 Å². The predicted molar refractivity (Wildman–Crippen MR) is 128 cm³/mol. The third-order valence-electron chi connectivity index (χ3n) is 6.21. The number of nitrogens with zero attached hydrogens (tertiary/aromatic N) is 3. The number of primary amides is 1. The van der Waals surface area contributed by atoms with Crippen molar-refractivity contribution in [3.05, 3.63) is 30.7 Å². The summed E-state index contributed by atoms with van der Waals surface area (Å²) in [6.45, 7) is 6.50. The molecule has 34 heavy (non-hydrogen) atoms. The predicted octanol–water partition coefficient (Wildman–Crippen LogP) is 0.605. The molecule has 189 valence electrons. The highest BCUT2D eigenvalue weighted by Crippen LogP contribution is 2.22. The Morgan fingerprint density at radius 1 is 1.06 bits per heavy atom. The van der Waals surface area contributed by atoms with Gasteiger partial charge in [-0.2, -0.15) is 4.31 Å². The van der Waals surface area contributed by atoms with Gasteiger partial charge in [0.05, 0.1) is 11.3 Å². The molecule has 1 aromatic rings. The smallest absolute Gasteiger partial charge is 0.243 e. The van der Waals surface area contributed by atoms with Crippen molar-refractivity contribution in [1.82, 2.24) is 19.6 Å². The highest BCUT2D eigenvalue weighted by molar-refractivity contribution is 7.89. The van der Waals surface area contributed by atoms with Crippen molar-refractivity contribution in [2.45, 2.75) is 37.5 Å². The van der Waals surface area contributed by atoms with Gasteiger partial charge in [0.1, 0.15) is 5.75 Å². The van der Waals surface area contributed by atoms with Gasteiger partial charge in [0.15, 0.2) is 0 Å². The standard InChI is InChI=1S/C23H36N5O5S/c1-19(23(24)30)5-10-22(29)25-11-14-26-15-17-28(18-16-26)34(31,32)21-8-6-20(7-9-21)33-27-12-3-2-4-13-27/h6-10,19H,2-5,11-18H2,1H3,(H2,24,30)(H,25,29)/t19-/m0/s1. The number of hydroxylamine groups is 2. The highest BCUT2D eigenvalue weighted by Gasteiger charge is 2.28. The molecule has 1 radical (unpaired) electrons. The minimum absolute atomic E-state index is 0.234. The van der Waals surface area contributed by atoms with E-state index in [0.29, 0.717) is 51.4 Å². The number of carbonyl (C=O) groups excluding carboxylic acids is 2. The van der Waals surface area contributed by atoms with E-state index in [0.717, 1.165) is 25.9 Å². The Balaban J connectivity index is 1.39. The van der Waals surface area contributed by atoms with E-state index >= 15 is 0 Å². The van der Waals surface area contributed by atoms with Crippen LogP contribution in [0.5, 0.6) is 5.75 Å². The summed E-state index contributed by atoms with van der Waals surface area (Å²) < 4.78 is 27.6. The van der Waals surface area contributed by atoms with Gasteiger partial charge in [-0.25, -0.2) is 8.42 Å². The molecule has 3 N–H and O–H groups in total. The molecule has 2 heterocycles. The lowest BCUT2D eigenvalue weighted by Gasteiger charge is -2.34. The fourth-order valence-electron chi connectivity index (χ4n) is 3.93. The number of amides is 2. The largest absolute Gasteiger partial charge is 0.406 e. The van der Waals surface area contributed by atoms with Gasteiger partial charge in [0, 0.05) is 58.3 Å². The number of sulfonamides is 1. The Labute approximate surface area is 202 Å². The molecule has 0 unspecified atom stereocenters. The third-order valence-corrected chi connectivity index (χ3v) is 8.12. The zero-order valence-corrected chi connectivity index (χ0v) is 20.6. The molecule has 2 aliphatic rings. The van der Waals surface area contributed by atoms with E-state index in [2.05, 4.69) is 10.2 Å². The number of piperidine rings is 1. The Bertz CT molecular complexity index is 910. The van der Waals surface area contributed by atoms with Crippen molar-refractivity contribution >= 4 is 21.8 Å². The van der Waals surface area contributed by atoms with Gasteiger partial charge in [-0.15, -0.1) is 5.06 Å². The zero-order chi connectivity index (χ0) is 24.6. The quantitative estimate of drug-likeness (QED) is 0.462. The maximum absolute atomic E-state index is 13.0. The van der Waals surface area contributed by atoms with Crippen LogP contribution in [0, 0.1) is 12.3 Å². The highest BCUT2D eigenvalue weighted by atomic mass is 32.2. The van der Waals surface area contributed by atoms with Crippen molar-refractivity contribution in [3.8, 4) is 5.75 Å². The van der Waals surface area contributed by atoms with Gasteiger partial charge in [0.2, 0.25) is 21.8 Å². The SMILES string of the molecule is C[C@@H](C[CH]C(=O)NCCN1CCN(S(=O)(=O)c2ccc(ON3CCCCC3)cc2)CC1)C(N)=O. The molecule has 1 aromatic carbocycles. The third kappa shape index (κ3) is 7.66. The van der Waals surface area contributed by atoms with Gasteiger partial charge in [-0.05, 0) is 43.5 Å². The Hall–Kier alpha value is -2.21. The summed E-state index contributed by atoms with van der Waals surface area (Å²) in [4.78, 5) is 31.1. The first-order valence-electron chi connectivity index (χ1n) is 11.9. The fourth-order valence-corrected chi connectivity index (χ4v) is 5.35. The van der Waals surface area contributed by atoms with Gasteiger partial charge in [-0.3, -0.25) is 14.5 Å². The first-order valence-corrected chi connectivity index (χ1v) is 13.4. The number of benzene rings is 1. The van der Waals surface area contributed by atoms with Crippen LogP contribution < -0.4 is 15.9 Å². The molecule has 1 atom stereocenters. The molecule has 0 bridgehead atoms. The molecule has 11 heteroatoms. The number of rotatable bonds is 11. The fraction of sp³-hybridized carbons (Fsp3) is 0.609. The summed E-state index contributed by atoms with van der Waals surface area (Å²) in [6, 6.07) is 6.63. The molecular formula is C23H36N5O5S. The lowest BCUT2D eigenvalue weighted by Crippen LogP contribution is -2.50. The van der Waals surface area contributed by atoms with Gasteiger partial charge in [-0.1, -0.05) is 13.3 Å². The van der Waals surface area contributed by atoms with E-state index in [-0.39, 0.29) is 16.7 Å². The summed E-state index contributed by atoms with van der Waals surface area (Å²) in [6.07, 6.45) is 5.18. The molecule has 2 saturated heterocycles. The summed E-state index contributed by atoms with van der Waals surface area (Å²) in [5.41, 5.74) is 5.19. The van der Waals surface area contributed by atoms with E-state index in [1.54, 1.807) is 31.2 Å². The topological polar surface area (TPSA) is 125 Å². The van der Waals surface area contributed by atoms with Crippen LogP contribution in [0.4, 0.5) is 0 Å². The molecule has 2 fully saturated rings. The molecule has 0 spiro atoms. The Morgan fingerprint density at radius 2 is 1.71 bits per heavy atom. The summed E-state index contributed by atoms with van der Waals surface area (Å²) in [5, 5.41) is 4.72. The van der Waals surface area contributed by atoms with Crippen molar-refractivity contribution in [3.63, 3.8) is 0 Å². The van der Waals surface area contributed by atoms with Gasteiger partial charge >= 0.3 is 0 Å². The minimum Gasteiger partial charge on any atom is -0.406 e. The molecule has 0 saturated carbocycles. The van der Waals surface area contributed by atoms with Crippen molar-refractivity contribution in [2.75, 3.05) is 52.4 Å². The Morgan fingerprint density at radius 3 is 2.32 bits per heavy atom. The second kappa shape index (κ2) is 12.5. The number of nitrogens with one attached hydrogen (secondary N) is 1. The van der Waals surface area contributed by atoms with Crippen LogP contribution >= 0.6 is 0 Å². The molecule has 2 aliphatic heterocycles. The average molecular weight is 495 g/mol. The van der Waals surface area contributed by atoms with E-state index in [1.807, 2.05) is 5.06 Å². The van der Waals surface area contributed by atoms with E-state index in [9.17, 15) is 18.0 Å². The maximum Gasteiger partial charge on any atom is 0.243 e. The monoisotopic (exact) mass is 494 g/mol. The van der Waals surface area contributed by atoms with Crippen LogP contribution in [-0.2, 0) is 19.6 Å². The lowest BCUT2D eigenvalue weighted by atomic mass is 10.1. The molecule has 0 aromatic heterocycles. The van der Waals surface area contributed by atoms with Crippen molar-refractivity contribution < 1.29 is 22.8 Å².